The zero-order valence-electron chi connectivity index (χ0n) is 10.8. The van der Waals surface area contributed by atoms with E-state index in [2.05, 4.69) is 16.8 Å². The van der Waals surface area contributed by atoms with Gasteiger partial charge < -0.3 is 9.84 Å². The van der Waals surface area contributed by atoms with E-state index in [-0.39, 0.29) is 6.61 Å². The van der Waals surface area contributed by atoms with E-state index in [0.717, 1.165) is 28.9 Å². The number of rotatable bonds is 5. The third-order valence-electron chi connectivity index (χ3n) is 2.92. The highest BCUT2D eigenvalue weighted by Gasteiger charge is 2.06. The molecule has 1 aromatic carbocycles. The minimum Gasteiger partial charge on any atom is -0.493 e. The van der Waals surface area contributed by atoms with Crippen molar-refractivity contribution in [3.05, 3.63) is 51.2 Å². The molecule has 0 aliphatic carbocycles. The second kappa shape index (κ2) is 6.03. The number of hydrogen-bond acceptors (Lipinski definition) is 3. The van der Waals surface area contributed by atoms with Gasteiger partial charge in [-0.2, -0.15) is 11.3 Å². The second-order valence-electron chi connectivity index (χ2n) is 4.45. The van der Waals surface area contributed by atoms with E-state index in [4.69, 9.17) is 9.84 Å². The molecule has 0 atom stereocenters. The molecule has 0 saturated heterocycles. The average molecular weight is 262 g/mol. The summed E-state index contributed by atoms with van der Waals surface area (Å²) in [4.78, 5) is 0. The molecule has 0 bridgehead atoms. The molecule has 18 heavy (non-hydrogen) atoms. The van der Waals surface area contributed by atoms with Crippen molar-refractivity contribution < 1.29 is 9.84 Å². The van der Waals surface area contributed by atoms with Gasteiger partial charge in [-0.3, -0.25) is 0 Å². The van der Waals surface area contributed by atoms with Crippen LogP contribution >= 0.6 is 11.3 Å². The molecule has 0 aliphatic rings. The molecule has 1 heterocycles. The molecule has 96 valence electrons. The smallest absolute Gasteiger partial charge is 0.125 e. The fourth-order valence-electron chi connectivity index (χ4n) is 2.06. The number of aryl methyl sites for hydroxylation is 2. The van der Waals surface area contributed by atoms with Crippen LogP contribution in [0.25, 0.3) is 0 Å². The van der Waals surface area contributed by atoms with Crippen LogP contribution in [-0.2, 0) is 13.0 Å². The van der Waals surface area contributed by atoms with Crippen LogP contribution in [0.1, 0.15) is 22.3 Å². The van der Waals surface area contributed by atoms with Gasteiger partial charge in [0.2, 0.25) is 0 Å². The maximum Gasteiger partial charge on any atom is 0.125 e. The van der Waals surface area contributed by atoms with Crippen LogP contribution in [0, 0.1) is 13.8 Å². The highest BCUT2D eigenvalue weighted by atomic mass is 32.1. The summed E-state index contributed by atoms with van der Waals surface area (Å²) in [6.07, 6.45) is 0.935. The minimum absolute atomic E-state index is 0.0802. The summed E-state index contributed by atoms with van der Waals surface area (Å²) in [6.45, 7) is 4.81. The van der Waals surface area contributed by atoms with Gasteiger partial charge >= 0.3 is 0 Å². The molecule has 0 spiro atoms. The molecule has 0 amide bonds. The molecule has 2 nitrogen and oxygen atoms in total. The predicted octanol–water partition coefficient (Wildman–Crippen LogP) is 3.48. The molecule has 2 rings (SSSR count). The Morgan fingerprint density at radius 2 is 1.89 bits per heavy atom. The van der Waals surface area contributed by atoms with Crippen molar-refractivity contribution in [2.45, 2.75) is 26.9 Å². The van der Waals surface area contributed by atoms with Crippen molar-refractivity contribution in [3.8, 4) is 5.75 Å². The fourth-order valence-corrected chi connectivity index (χ4v) is 2.77. The number of hydrogen-bond donors (Lipinski definition) is 1. The zero-order chi connectivity index (χ0) is 13.0. The standard InChI is InChI=1S/C15H18O2S/c1-11-7-14(9-16)8-12(2)15(11)17-5-3-13-4-6-18-10-13/h4,6-8,10,16H,3,5,9H2,1-2H3. The molecule has 0 aliphatic heterocycles. The summed E-state index contributed by atoms with van der Waals surface area (Å²) in [5.74, 6) is 0.947. The zero-order valence-corrected chi connectivity index (χ0v) is 11.6. The highest BCUT2D eigenvalue weighted by Crippen LogP contribution is 2.25. The first-order valence-corrected chi connectivity index (χ1v) is 7.00. The number of aliphatic hydroxyl groups excluding tert-OH is 1. The van der Waals surface area contributed by atoms with E-state index in [1.165, 1.54) is 5.56 Å². The molecule has 1 aromatic heterocycles. The third-order valence-corrected chi connectivity index (χ3v) is 3.65. The molecule has 1 N–H and O–H groups in total. The normalized spacial score (nSPS) is 10.6. The van der Waals surface area contributed by atoms with E-state index in [9.17, 15) is 0 Å². The molecule has 2 aromatic rings. The first kappa shape index (κ1) is 13.1. The van der Waals surface area contributed by atoms with Crippen molar-refractivity contribution in [1.82, 2.24) is 0 Å². The van der Waals surface area contributed by atoms with Crippen molar-refractivity contribution in [1.29, 1.82) is 0 Å². The van der Waals surface area contributed by atoms with E-state index in [1.807, 2.05) is 26.0 Å². The van der Waals surface area contributed by atoms with Crippen molar-refractivity contribution in [2.24, 2.45) is 0 Å². The predicted molar refractivity (Wildman–Crippen MR) is 75.4 cm³/mol. The van der Waals surface area contributed by atoms with Crippen LogP contribution in [0.3, 0.4) is 0 Å². The van der Waals surface area contributed by atoms with Crippen LogP contribution < -0.4 is 4.74 Å². The van der Waals surface area contributed by atoms with Crippen molar-refractivity contribution >= 4 is 11.3 Å². The summed E-state index contributed by atoms with van der Waals surface area (Å²) in [6, 6.07) is 6.09. The lowest BCUT2D eigenvalue weighted by Crippen LogP contribution is -2.04. The van der Waals surface area contributed by atoms with Gasteiger partial charge in [0, 0.05) is 6.42 Å². The van der Waals surface area contributed by atoms with Gasteiger partial charge in [-0.05, 0) is 52.9 Å². The van der Waals surface area contributed by atoms with Crippen LogP contribution in [0.2, 0.25) is 0 Å². The molecule has 0 fully saturated rings. The molecule has 0 saturated carbocycles. The van der Waals surface area contributed by atoms with Gasteiger partial charge in [0.25, 0.3) is 0 Å². The van der Waals surface area contributed by atoms with Crippen LogP contribution in [0.15, 0.2) is 29.0 Å². The van der Waals surface area contributed by atoms with Crippen LogP contribution in [-0.4, -0.2) is 11.7 Å². The monoisotopic (exact) mass is 262 g/mol. The fraction of sp³-hybridized carbons (Fsp3) is 0.333. The Morgan fingerprint density at radius 3 is 2.44 bits per heavy atom. The number of aliphatic hydroxyl groups is 1. The largest absolute Gasteiger partial charge is 0.493 e. The van der Waals surface area contributed by atoms with E-state index < -0.39 is 0 Å². The Labute approximate surface area is 112 Å². The summed E-state index contributed by atoms with van der Waals surface area (Å²) in [5.41, 5.74) is 4.44. The molecule has 0 radical (unpaired) electrons. The third kappa shape index (κ3) is 3.12. The minimum atomic E-state index is 0.0802. The van der Waals surface area contributed by atoms with E-state index in [0.29, 0.717) is 6.61 Å². The summed E-state index contributed by atoms with van der Waals surface area (Å²) in [5, 5.41) is 13.4. The van der Waals surface area contributed by atoms with Gasteiger partial charge in [0.15, 0.2) is 0 Å². The average Bonchev–Trinajstić information content (AvgIpc) is 2.85. The number of thiophene rings is 1. The Hall–Kier alpha value is -1.32. The van der Waals surface area contributed by atoms with E-state index in [1.54, 1.807) is 11.3 Å². The summed E-state index contributed by atoms with van der Waals surface area (Å²) in [7, 11) is 0. The van der Waals surface area contributed by atoms with Crippen LogP contribution in [0.4, 0.5) is 0 Å². The van der Waals surface area contributed by atoms with Gasteiger partial charge in [-0.15, -0.1) is 0 Å². The summed E-state index contributed by atoms with van der Waals surface area (Å²) < 4.78 is 5.86. The van der Waals surface area contributed by atoms with E-state index >= 15 is 0 Å². The molecule has 0 unspecified atom stereocenters. The first-order chi connectivity index (χ1) is 8.70. The Balaban J connectivity index is 2.01. The summed E-state index contributed by atoms with van der Waals surface area (Å²) >= 11 is 1.71. The lowest BCUT2D eigenvalue weighted by molar-refractivity contribution is 0.280. The first-order valence-electron chi connectivity index (χ1n) is 6.05. The molecular formula is C15H18O2S. The second-order valence-corrected chi connectivity index (χ2v) is 5.23. The topological polar surface area (TPSA) is 29.5 Å². The van der Waals surface area contributed by atoms with Crippen molar-refractivity contribution in [3.63, 3.8) is 0 Å². The Kier molecular flexibility index (Phi) is 4.39. The quantitative estimate of drug-likeness (QED) is 0.894. The SMILES string of the molecule is Cc1cc(CO)cc(C)c1OCCc1ccsc1. The Morgan fingerprint density at radius 1 is 1.17 bits per heavy atom. The molecular weight excluding hydrogens is 244 g/mol. The number of benzene rings is 1. The maximum atomic E-state index is 9.14. The van der Waals surface area contributed by atoms with Crippen LogP contribution in [0.5, 0.6) is 5.75 Å². The van der Waals surface area contributed by atoms with Gasteiger partial charge in [-0.25, -0.2) is 0 Å². The maximum absolute atomic E-state index is 9.14. The number of ether oxygens (including phenoxy) is 1. The van der Waals surface area contributed by atoms with Gasteiger partial charge in [0.05, 0.1) is 13.2 Å². The van der Waals surface area contributed by atoms with Gasteiger partial charge in [-0.1, -0.05) is 12.1 Å². The lowest BCUT2D eigenvalue weighted by atomic mass is 10.1. The lowest BCUT2D eigenvalue weighted by Gasteiger charge is -2.13. The Bertz CT molecular complexity index is 480. The van der Waals surface area contributed by atoms with Gasteiger partial charge in [0.1, 0.15) is 5.75 Å². The van der Waals surface area contributed by atoms with Crippen molar-refractivity contribution in [2.75, 3.05) is 6.61 Å². The highest BCUT2D eigenvalue weighted by molar-refractivity contribution is 7.07. The molecule has 3 heteroatoms.